The number of halogens is 4. The Morgan fingerprint density at radius 3 is 2.74 bits per heavy atom. The first kappa shape index (κ1) is 24.4. The lowest BCUT2D eigenvalue weighted by atomic mass is 10.4. The largest absolute Gasteiger partial charge is 0.434 e. The van der Waals surface area contributed by atoms with Crippen molar-refractivity contribution in [3.8, 4) is 0 Å². The van der Waals surface area contributed by atoms with Crippen LogP contribution in [0, 0.1) is 0 Å². The second kappa shape index (κ2) is 12.8. The molecule has 0 saturated heterocycles. The van der Waals surface area contributed by atoms with Gasteiger partial charge in [-0.05, 0) is 13.3 Å². The average Bonchev–Trinajstić information content (AvgIpc) is 3.25. The molecule has 2 rings (SSSR count). The Labute approximate surface area is 185 Å². The van der Waals surface area contributed by atoms with Crippen LogP contribution in [0.15, 0.2) is 26.3 Å². The van der Waals surface area contributed by atoms with Crippen molar-refractivity contribution in [1.82, 2.24) is 20.6 Å². The molecule has 0 spiro atoms. The van der Waals surface area contributed by atoms with Crippen molar-refractivity contribution in [2.75, 3.05) is 25.4 Å². The van der Waals surface area contributed by atoms with E-state index in [2.05, 4.69) is 25.6 Å². The number of thioether (sulfide) groups is 1. The zero-order valence-corrected chi connectivity index (χ0v) is 19.4. The van der Waals surface area contributed by atoms with Crippen LogP contribution >= 0.6 is 58.4 Å². The monoisotopic (exact) mass is 551 g/mol. The molecule has 2 aromatic rings. The maximum atomic E-state index is 12.5. The zero-order valence-electron chi connectivity index (χ0n) is 14.6. The minimum Gasteiger partial charge on any atom is -0.357 e. The minimum absolute atomic E-state index is 0. The SMILES string of the molecule is CCNC(=NCCCSc1nccs1)NCCc1nc(C(F)(F)F)cs1.I. The smallest absolute Gasteiger partial charge is 0.357 e. The fourth-order valence-electron chi connectivity index (χ4n) is 1.88. The summed E-state index contributed by atoms with van der Waals surface area (Å²) in [6, 6.07) is 0. The lowest BCUT2D eigenvalue weighted by Crippen LogP contribution is -2.38. The van der Waals surface area contributed by atoms with E-state index in [1.807, 2.05) is 12.3 Å². The zero-order chi connectivity index (χ0) is 18.8. The highest BCUT2D eigenvalue weighted by atomic mass is 127. The molecular weight excluding hydrogens is 530 g/mol. The van der Waals surface area contributed by atoms with E-state index in [4.69, 9.17) is 0 Å². The van der Waals surface area contributed by atoms with Crippen molar-refractivity contribution < 1.29 is 13.2 Å². The molecule has 2 aromatic heterocycles. The van der Waals surface area contributed by atoms with Crippen molar-refractivity contribution >= 4 is 64.4 Å². The quantitative estimate of drug-likeness (QED) is 0.158. The molecule has 0 saturated carbocycles. The summed E-state index contributed by atoms with van der Waals surface area (Å²) in [4.78, 5) is 12.3. The number of hydrogen-bond donors (Lipinski definition) is 2. The van der Waals surface area contributed by atoms with E-state index >= 15 is 0 Å². The fourth-order valence-corrected chi connectivity index (χ4v) is 4.32. The van der Waals surface area contributed by atoms with E-state index in [9.17, 15) is 13.2 Å². The van der Waals surface area contributed by atoms with Crippen LogP contribution in [0.1, 0.15) is 24.0 Å². The lowest BCUT2D eigenvalue weighted by molar-refractivity contribution is -0.140. The molecule has 0 aliphatic heterocycles. The van der Waals surface area contributed by atoms with Crippen molar-refractivity contribution in [3.63, 3.8) is 0 Å². The van der Waals surface area contributed by atoms with Crippen LogP contribution in [-0.4, -0.2) is 41.3 Å². The Morgan fingerprint density at radius 2 is 2.11 bits per heavy atom. The third-order valence-electron chi connectivity index (χ3n) is 3.03. The predicted octanol–water partition coefficient (Wildman–Crippen LogP) is 4.52. The van der Waals surface area contributed by atoms with E-state index in [0.29, 0.717) is 30.5 Å². The van der Waals surface area contributed by atoms with Gasteiger partial charge >= 0.3 is 6.18 Å². The highest BCUT2D eigenvalue weighted by Crippen LogP contribution is 2.30. The number of thiazole rings is 2. The van der Waals surface area contributed by atoms with Gasteiger partial charge in [-0.15, -0.1) is 46.7 Å². The number of guanidine groups is 1. The molecular formula is C15H21F3IN5S3. The van der Waals surface area contributed by atoms with Crippen LogP contribution in [0.4, 0.5) is 13.2 Å². The Balaban J connectivity index is 0.00000364. The fraction of sp³-hybridized carbons (Fsp3) is 0.533. The molecule has 152 valence electrons. The summed E-state index contributed by atoms with van der Waals surface area (Å²) >= 11 is 4.36. The van der Waals surface area contributed by atoms with Crippen LogP contribution in [0.3, 0.4) is 0 Å². The van der Waals surface area contributed by atoms with Gasteiger partial charge in [-0.3, -0.25) is 4.99 Å². The van der Waals surface area contributed by atoms with Crippen molar-refractivity contribution in [3.05, 3.63) is 27.7 Å². The third kappa shape index (κ3) is 9.43. The number of rotatable bonds is 9. The second-order valence-electron chi connectivity index (χ2n) is 5.06. The first-order valence-electron chi connectivity index (χ1n) is 8.05. The molecule has 2 heterocycles. The molecule has 0 radical (unpaired) electrons. The molecule has 0 amide bonds. The van der Waals surface area contributed by atoms with Crippen molar-refractivity contribution in [2.45, 2.75) is 30.3 Å². The van der Waals surface area contributed by atoms with Crippen molar-refractivity contribution in [2.24, 2.45) is 4.99 Å². The Hall–Kier alpha value is -0.600. The molecule has 5 nitrogen and oxygen atoms in total. The van der Waals surface area contributed by atoms with Gasteiger partial charge in [0.05, 0.1) is 5.01 Å². The van der Waals surface area contributed by atoms with E-state index < -0.39 is 11.9 Å². The van der Waals surface area contributed by atoms with Gasteiger partial charge in [-0.25, -0.2) is 9.97 Å². The van der Waals surface area contributed by atoms with Gasteiger partial charge in [0.25, 0.3) is 0 Å². The number of nitrogens with zero attached hydrogens (tertiary/aromatic N) is 3. The maximum Gasteiger partial charge on any atom is 0.434 e. The van der Waals surface area contributed by atoms with Gasteiger partial charge < -0.3 is 10.6 Å². The summed E-state index contributed by atoms with van der Waals surface area (Å²) in [5.41, 5.74) is -0.823. The summed E-state index contributed by atoms with van der Waals surface area (Å²) in [5.74, 6) is 1.61. The normalized spacial score (nSPS) is 11.9. The van der Waals surface area contributed by atoms with E-state index in [1.54, 1.807) is 29.3 Å². The predicted molar refractivity (Wildman–Crippen MR) is 118 cm³/mol. The molecule has 0 fully saturated rings. The van der Waals surface area contributed by atoms with Crippen LogP contribution in [0.2, 0.25) is 0 Å². The van der Waals surface area contributed by atoms with Gasteiger partial charge in [-0.2, -0.15) is 13.2 Å². The molecule has 0 aliphatic carbocycles. The number of hydrogen-bond acceptors (Lipinski definition) is 6. The lowest BCUT2D eigenvalue weighted by Gasteiger charge is -2.10. The summed E-state index contributed by atoms with van der Waals surface area (Å²) in [5, 5.41) is 9.72. The van der Waals surface area contributed by atoms with Gasteiger partial charge in [0, 0.05) is 48.8 Å². The van der Waals surface area contributed by atoms with Gasteiger partial charge in [0.2, 0.25) is 0 Å². The molecule has 12 heteroatoms. The van der Waals surface area contributed by atoms with E-state index in [0.717, 1.165) is 39.8 Å². The van der Waals surface area contributed by atoms with Gasteiger partial charge in [0.15, 0.2) is 11.7 Å². The molecule has 0 aliphatic rings. The molecule has 2 N–H and O–H groups in total. The highest BCUT2D eigenvalue weighted by molar-refractivity contribution is 14.0. The molecule has 0 aromatic carbocycles. The van der Waals surface area contributed by atoms with E-state index in [1.165, 1.54) is 0 Å². The topological polar surface area (TPSA) is 62.2 Å². The Morgan fingerprint density at radius 1 is 1.30 bits per heavy atom. The van der Waals surface area contributed by atoms with Crippen LogP contribution in [0.5, 0.6) is 0 Å². The number of aliphatic imine (C=N–C) groups is 1. The summed E-state index contributed by atoms with van der Waals surface area (Å²) in [7, 11) is 0. The Kier molecular flexibility index (Phi) is 11.6. The third-order valence-corrected chi connectivity index (χ3v) is 5.99. The van der Waals surface area contributed by atoms with Crippen LogP contribution in [0.25, 0.3) is 0 Å². The standard InChI is InChI=1S/C15H20F3N5S3.HI/c1-2-19-13(20-5-3-8-24-14-22-7-9-25-14)21-6-4-12-23-11(10-26-12)15(16,17)18;/h7,9-10H,2-6,8H2,1H3,(H2,19,20,21);1H. The maximum absolute atomic E-state index is 12.5. The van der Waals surface area contributed by atoms with E-state index in [-0.39, 0.29) is 24.0 Å². The summed E-state index contributed by atoms with van der Waals surface area (Å²) < 4.78 is 38.7. The second-order valence-corrected chi connectivity index (χ2v) is 8.24. The minimum atomic E-state index is -4.38. The first-order chi connectivity index (χ1) is 12.5. The first-order valence-corrected chi connectivity index (χ1v) is 10.8. The molecule has 0 unspecified atom stereocenters. The molecule has 0 atom stereocenters. The summed E-state index contributed by atoms with van der Waals surface area (Å²) in [6.07, 6.45) is -1.25. The molecule has 27 heavy (non-hydrogen) atoms. The Bertz CT molecular complexity index is 677. The van der Waals surface area contributed by atoms with Gasteiger partial charge in [-0.1, -0.05) is 11.8 Å². The number of nitrogens with one attached hydrogen (secondary N) is 2. The van der Waals surface area contributed by atoms with Crippen LogP contribution < -0.4 is 10.6 Å². The van der Waals surface area contributed by atoms with Gasteiger partial charge in [0.1, 0.15) is 4.34 Å². The molecule has 0 bridgehead atoms. The number of aromatic nitrogens is 2. The van der Waals surface area contributed by atoms with Crippen molar-refractivity contribution in [1.29, 1.82) is 0 Å². The highest BCUT2D eigenvalue weighted by Gasteiger charge is 2.33. The van der Waals surface area contributed by atoms with Crippen LogP contribution in [-0.2, 0) is 12.6 Å². The average molecular weight is 551 g/mol. The summed E-state index contributed by atoms with van der Waals surface area (Å²) in [6.45, 7) is 3.83. The number of alkyl halides is 3.